The summed E-state index contributed by atoms with van der Waals surface area (Å²) in [6.07, 6.45) is 1.54. The quantitative estimate of drug-likeness (QED) is 0.862. The van der Waals surface area contributed by atoms with Crippen LogP contribution in [0.1, 0.15) is 13.8 Å². The highest BCUT2D eigenvalue weighted by molar-refractivity contribution is 5.79. The van der Waals surface area contributed by atoms with E-state index < -0.39 is 0 Å². The minimum atomic E-state index is 0.579. The first-order valence-electron chi connectivity index (χ1n) is 6.44. The number of nitrogens with zero attached hydrogens (tertiary/aromatic N) is 3. The Morgan fingerprint density at radius 1 is 1.16 bits per heavy atom. The van der Waals surface area contributed by atoms with Gasteiger partial charge in [0.05, 0.1) is 0 Å². The normalized spacial score (nSPS) is 10.2. The molecular formula is C14H19N5. The lowest BCUT2D eigenvalue weighted by Gasteiger charge is -2.24. The third kappa shape index (κ3) is 2.76. The second-order valence-corrected chi connectivity index (χ2v) is 4.07. The molecule has 0 spiro atoms. The third-order valence-electron chi connectivity index (χ3n) is 2.85. The molecule has 0 saturated heterocycles. The van der Waals surface area contributed by atoms with Crippen molar-refractivity contribution in [2.45, 2.75) is 13.8 Å². The van der Waals surface area contributed by atoms with Gasteiger partial charge in [-0.05, 0) is 26.0 Å². The molecule has 19 heavy (non-hydrogen) atoms. The van der Waals surface area contributed by atoms with Gasteiger partial charge in [0.1, 0.15) is 12.0 Å². The van der Waals surface area contributed by atoms with Crippen molar-refractivity contribution < 1.29 is 0 Å². The largest absolute Gasteiger partial charge is 0.393 e. The summed E-state index contributed by atoms with van der Waals surface area (Å²) in [6, 6.07) is 10.1. The van der Waals surface area contributed by atoms with Gasteiger partial charge in [-0.1, -0.05) is 18.2 Å². The molecule has 100 valence electrons. The summed E-state index contributed by atoms with van der Waals surface area (Å²) in [5, 5.41) is 3.14. The number of benzene rings is 1. The molecule has 0 saturated carbocycles. The number of nitrogens with two attached hydrogens (primary N) is 1. The predicted octanol–water partition coefficient (Wildman–Crippen LogP) is 2.65. The molecule has 1 aromatic heterocycles. The van der Waals surface area contributed by atoms with Crippen LogP contribution in [0.4, 0.5) is 23.0 Å². The smallest absolute Gasteiger partial charge is 0.161 e. The van der Waals surface area contributed by atoms with E-state index in [1.54, 1.807) is 0 Å². The third-order valence-corrected chi connectivity index (χ3v) is 2.85. The number of aromatic nitrogens is 2. The van der Waals surface area contributed by atoms with Gasteiger partial charge in [-0.2, -0.15) is 0 Å². The molecule has 5 nitrogen and oxygen atoms in total. The van der Waals surface area contributed by atoms with Crippen molar-refractivity contribution in [1.29, 1.82) is 0 Å². The molecule has 0 atom stereocenters. The summed E-state index contributed by atoms with van der Waals surface area (Å²) in [4.78, 5) is 10.6. The predicted molar refractivity (Wildman–Crippen MR) is 79.7 cm³/mol. The van der Waals surface area contributed by atoms with Gasteiger partial charge in [-0.3, -0.25) is 0 Å². The number of rotatable bonds is 5. The van der Waals surface area contributed by atoms with Crippen molar-refractivity contribution in [3.8, 4) is 0 Å². The van der Waals surface area contributed by atoms with Crippen LogP contribution in [-0.2, 0) is 0 Å². The molecule has 0 bridgehead atoms. The molecule has 3 N–H and O–H groups in total. The summed E-state index contributed by atoms with van der Waals surface area (Å²) >= 11 is 0. The zero-order valence-electron chi connectivity index (χ0n) is 11.3. The van der Waals surface area contributed by atoms with Gasteiger partial charge in [0.2, 0.25) is 0 Å². The highest BCUT2D eigenvalue weighted by Crippen LogP contribution is 2.31. The van der Waals surface area contributed by atoms with Crippen molar-refractivity contribution in [3.63, 3.8) is 0 Å². The van der Waals surface area contributed by atoms with Gasteiger partial charge >= 0.3 is 0 Å². The number of anilines is 4. The van der Waals surface area contributed by atoms with Crippen molar-refractivity contribution in [1.82, 2.24) is 9.97 Å². The maximum atomic E-state index is 6.15. The molecule has 0 aliphatic heterocycles. The Balaban J connectivity index is 2.42. The maximum Gasteiger partial charge on any atom is 0.161 e. The average Bonchev–Trinajstić information content (AvgIpc) is 2.45. The molecule has 0 unspecified atom stereocenters. The van der Waals surface area contributed by atoms with Gasteiger partial charge in [0.15, 0.2) is 11.6 Å². The number of nitrogens with one attached hydrogen (secondary N) is 1. The molecule has 0 radical (unpaired) electrons. The van der Waals surface area contributed by atoms with E-state index in [1.807, 2.05) is 37.3 Å². The van der Waals surface area contributed by atoms with E-state index in [0.717, 1.165) is 24.6 Å². The first-order valence-corrected chi connectivity index (χ1v) is 6.44. The van der Waals surface area contributed by atoms with E-state index in [4.69, 9.17) is 5.73 Å². The monoisotopic (exact) mass is 257 g/mol. The number of para-hydroxylation sites is 1. The number of hydrogen-bond donors (Lipinski definition) is 2. The summed E-state index contributed by atoms with van der Waals surface area (Å²) < 4.78 is 0. The summed E-state index contributed by atoms with van der Waals surface area (Å²) in [5.41, 5.74) is 7.80. The molecule has 2 rings (SSSR count). The fourth-order valence-electron chi connectivity index (χ4n) is 1.97. The molecule has 1 aromatic carbocycles. The lowest BCUT2D eigenvalue weighted by Crippen LogP contribution is -2.20. The highest BCUT2D eigenvalue weighted by atomic mass is 15.2. The molecule has 0 aliphatic carbocycles. The minimum absolute atomic E-state index is 0.579. The summed E-state index contributed by atoms with van der Waals surface area (Å²) in [7, 11) is 0. The highest BCUT2D eigenvalue weighted by Gasteiger charge is 2.14. The van der Waals surface area contributed by atoms with Crippen LogP contribution in [0, 0.1) is 0 Å². The molecule has 1 heterocycles. The Bertz CT molecular complexity index is 527. The van der Waals surface area contributed by atoms with Crippen molar-refractivity contribution >= 4 is 23.0 Å². The van der Waals surface area contributed by atoms with E-state index in [0.29, 0.717) is 11.5 Å². The Morgan fingerprint density at radius 3 is 2.53 bits per heavy atom. The van der Waals surface area contributed by atoms with Crippen LogP contribution in [0.25, 0.3) is 0 Å². The van der Waals surface area contributed by atoms with Crippen molar-refractivity contribution in [2.24, 2.45) is 0 Å². The Labute approximate surface area is 113 Å². The lowest BCUT2D eigenvalue weighted by atomic mass is 10.2. The molecule has 0 amide bonds. The van der Waals surface area contributed by atoms with E-state index >= 15 is 0 Å². The number of hydrogen-bond acceptors (Lipinski definition) is 5. The SMILES string of the molecule is CCNc1ncnc(N(CC)c2ccccc2)c1N. The van der Waals surface area contributed by atoms with Crippen LogP contribution in [0.5, 0.6) is 0 Å². The van der Waals surface area contributed by atoms with Gasteiger partial charge in [-0.25, -0.2) is 9.97 Å². The Kier molecular flexibility index (Phi) is 4.18. The van der Waals surface area contributed by atoms with Gasteiger partial charge < -0.3 is 16.0 Å². The van der Waals surface area contributed by atoms with Crippen LogP contribution >= 0.6 is 0 Å². The van der Waals surface area contributed by atoms with E-state index in [1.165, 1.54) is 6.33 Å². The molecule has 0 aliphatic rings. The Morgan fingerprint density at radius 2 is 1.89 bits per heavy atom. The Hall–Kier alpha value is -2.30. The fourth-order valence-corrected chi connectivity index (χ4v) is 1.97. The fraction of sp³-hybridized carbons (Fsp3) is 0.286. The molecule has 5 heteroatoms. The van der Waals surface area contributed by atoms with Gasteiger partial charge in [0, 0.05) is 18.8 Å². The summed E-state index contributed by atoms with van der Waals surface area (Å²) in [6.45, 7) is 5.65. The van der Waals surface area contributed by atoms with Crippen molar-refractivity contribution in [2.75, 3.05) is 29.0 Å². The van der Waals surface area contributed by atoms with Crippen LogP contribution < -0.4 is 16.0 Å². The molecule has 2 aromatic rings. The standard InChI is InChI=1S/C14H19N5/c1-3-16-13-12(15)14(18-10-17-13)19(4-2)11-8-6-5-7-9-11/h5-10H,3-4,15H2,1-2H3,(H,16,17,18). The topological polar surface area (TPSA) is 67.1 Å². The second-order valence-electron chi connectivity index (χ2n) is 4.07. The summed E-state index contributed by atoms with van der Waals surface area (Å²) in [5.74, 6) is 1.42. The first kappa shape index (κ1) is 13.1. The van der Waals surface area contributed by atoms with Crippen LogP contribution in [0.15, 0.2) is 36.7 Å². The van der Waals surface area contributed by atoms with Crippen LogP contribution in [-0.4, -0.2) is 23.1 Å². The lowest BCUT2D eigenvalue weighted by molar-refractivity contribution is 0.977. The van der Waals surface area contributed by atoms with E-state index in [2.05, 4.69) is 27.1 Å². The van der Waals surface area contributed by atoms with Gasteiger partial charge in [-0.15, -0.1) is 0 Å². The van der Waals surface area contributed by atoms with Crippen LogP contribution in [0.3, 0.4) is 0 Å². The van der Waals surface area contributed by atoms with E-state index in [9.17, 15) is 0 Å². The van der Waals surface area contributed by atoms with Crippen LogP contribution in [0.2, 0.25) is 0 Å². The minimum Gasteiger partial charge on any atom is -0.393 e. The molecule has 0 fully saturated rings. The second kappa shape index (κ2) is 6.04. The average molecular weight is 257 g/mol. The maximum absolute atomic E-state index is 6.15. The molecular weight excluding hydrogens is 238 g/mol. The number of nitrogen functional groups attached to an aromatic ring is 1. The van der Waals surface area contributed by atoms with Gasteiger partial charge in [0.25, 0.3) is 0 Å². The first-order chi connectivity index (χ1) is 9.27. The zero-order chi connectivity index (χ0) is 13.7. The van der Waals surface area contributed by atoms with Crippen molar-refractivity contribution in [3.05, 3.63) is 36.7 Å². The zero-order valence-corrected chi connectivity index (χ0v) is 11.3. The van der Waals surface area contributed by atoms with E-state index in [-0.39, 0.29) is 0 Å².